The molecule has 1 aliphatic rings. The van der Waals surface area contributed by atoms with E-state index < -0.39 is 0 Å². The normalized spacial score (nSPS) is 13.3. The van der Waals surface area contributed by atoms with Gasteiger partial charge < -0.3 is 0 Å². The van der Waals surface area contributed by atoms with Gasteiger partial charge in [0.2, 0.25) is 0 Å². The molecule has 0 N–H and O–H groups in total. The second kappa shape index (κ2) is 5.82. The van der Waals surface area contributed by atoms with E-state index in [1.54, 1.807) is 0 Å². The topological polar surface area (TPSA) is 17.1 Å². The fourth-order valence-corrected chi connectivity index (χ4v) is 3.89. The molecule has 0 heterocycles. The van der Waals surface area contributed by atoms with Gasteiger partial charge >= 0.3 is 0 Å². The van der Waals surface area contributed by atoms with Gasteiger partial charge in [-0.05, 0) is 27.5 Å². The number of allylic oxidation sites excluding steroid dienone is 1. The number of Topliss-reactive ketones (excluding diaryl/α,β-unsaturated/α-hetero) is 1. The van der Waals surface area contributed by atoms with E-state index in [0.717, 1.165) is 33.4 Å². The predicted octanol–water partition coefficient (Wildman–Crippen LogP) is 6.00. The van der Waals surface area contributed by atoms with Crippen LogP contribution in [0.2, 0.25) is 0 Å². The quantitative estimate of drug-likeness (QED) is 0.440. The molecule has 4 aromatic rings. The maximum absolute atomic E-state index is 13.3. The summed E-state index contributed by atoms with van der Waals surface area (Å²) in [5.41, 5.74) is 5.72. The van der Waals surface area contributed by atoms with Crippen molar-refractivity contribution in [3.63, 3.8) is 0 Å². The number of carbonyl (C=O) groups excluding carboxylic acids is 1. The largest absolute Gasteiger partial charge is 0.289 e. The number of hydrogen-bond acceptors (Lipinski definition) is 1. The molecule has 0 saturated carbocycles. The number of fused-ring (bicyclic) bond motifs is 2. The van der Waals surface area contributed by atoms with Crippen molar-refractivity contribution in [3.05, 3.63) is 119 Å². The molecule has 4 aromatic carbocycles. The van der Waals surface area contributed by atoms with Gasteiger partial charge in [-0.1, -0.05) is 97.1 Å². The Hall–Kier alpha value is -3.45. The van der Waals surface area contributed by atoms with Gasteiger partial charge in [0, 0.05) is 16.7 Å². The molecular formula is C25H16O. The van der Waals surface area contributed by atoms with Gasteiger partial charge in [0.25, 0.3) is 0 Å². The highest BCUT2D eigenvalue weighted by Gasteiger charge is 2.31. The highest BCUT2D eigenvalue weighted by Crippen LogP contribution is 2.43. The zero-order valence-electron chi connectivity index (χ0n) is 14.1. The zero-order valence-corrected chi connectivity index (χ0v) is 14.1. The molecule has 5 rings (SSSR count). The number of rotatable bonds is 2. The summed E-state index contributed by atoms with van der Waals surface area (Å²) in [7, 11) is 0. The second-order valence-electron chi connectivity index (χ2n) is 6.52. The summed E-state index contributed by atoms with van der Waals surface area (Å²) in [6.07, 6.45) is 0. The third kappa shape index (κ3) is 2.14. The standard InChI is InChI=1S/C25H16O/c26-25-22-15-7-6-14-21(22)24(23(25)18-10-2-1-3-11-18)20-16-8-12-17-9-4-5-13-19(17)20/h1-16H. The van der Waals surface area contributed by atoms with Gasteiger partial charge in [0.15, 0.2) is 5.78 Å². The van der Waals surface area contributed by atoms with E-state index in [2.05, 4.69) is 42.5 Å². The molecule has 1 nitrogen and oxygen atoms in total. The lowest BCUT2D eigenvalue weighted by Crippen LogP contribution is -1.98. The van der Waals surface area contributed by atoms with E-state index in [1.165, 1.54) is 10.8 Å². The first-order valence-electron chi connectivity index (χ1n) is 8.76. The molecule has 0 fully saturated rings. The Morgan fingerprint density at radius 2 is 1.08 bits per heavy atom. The zero-order chi connectivity index (χ0) is 17.5. The van der Waals surface area contributed by atoms with E-state index in [0.29, 0.717) is 0 Å². The predicted molar refractivity (Wildman–Crippen MR) is 107 cm³/mol. The van der Waals surface area contributed by atoms with Crippen LogP contribution in [-0.4, -0.2) is 5.78 Å². The molecular weight excluding hydrogens is 316 g/mol. The van der Waals surface area contributed by atoms with E-state index in [4.69, 9.17) is 0 Å². The van der Waals surface area contributed by atoms with Crippen molar-refractivity contribution in [2.45, 2.75) is 0 Å². The van der Waals surface area contributed by atoms with Gasteiger partial charge in [-0.25, -0.2) is 0 Å². The van der Waals surface area contributed by atoms with Crippen LogP contribution in [0.5, 0.6) is 0 Å². The summed E-state index contributed by atoms with van der Waals surface area (Å²) in [5, 5.41) is 2.35. The Labute approximate surface area is 152 Å². The molecule has 122 valence electrons. The van der Waals surface area contributed by atoms with Crippen LogP contribution in [0.4, 0.5) is 0 Å². The Balaban J connectivity index is 1.91. The van der Waals surface area contributed by atoms with E-state index in [9.17, 15) is 4.79 Å². The van der Waals surface area contributed by atoms with Gasteiger partial charge in [-0.15, -0.1) is 0 Å². The van der Waals surface area contributed by atoms with Crippen molar-refractivity contribution in [1.29, 1.82) is 0 Å². The molecule has 0 unspecified atom stereocenters. The monoisotopic (exact) mass is 332 g/mol. The SMILES string of the molecule is O=C1C(c2ccccc2)=C(c2cccc3ccccc23)c2ccccc21. The molecule has 0 amide bonds. The van der Waals surface area contributed by atoms with Crippen molar-refractivity contribution in [2.24, 2.45) is 0 Å². The molecule has 1 aliphatic carbocycles. The Kier molecular flexibility index (Phi) is 3.32. The lowest BCUT2D eigenvalue weighted by molar-refractivity contribution is 0.105. The minimum absolute atomic E-state index is 0.106. The van der Waals surface area contributed by atoms with Crippen LogP contribution in [0.1, 0.15) is 27.0 Å². The highest BCUT2D eigenvalue weighted by atomic mass is 16.1. The Morgan fingerprint density at radius 1 is 0.462 bits per heavy atom. The summed E-state index contributed by atoms with van der Waals surface area (Å²) in [6, 6.07) is 32.6. The highest BCUT2D eigenvalue weighted by molar-refractivity contribution is 6.42. The first-order valence-corrected chi connectivity index (χ1v) is 8.76. The third-order valence-corrected chi connectivity index (χ3v) is 5.04. The van der Waals surface area contributed by atoms with Crippen LogP contribution in [-0.2, 0) is 0 Å². The van der Waals surface area contributed by atoms with Crippen LogP contribution >= 0.6 is 0 Å². The van der Waals surface area contributed by atoms with Crippen molar-refractivity contribution in [3.8, 4) is 0 Å². The first-order chi connectivity index (χ1) is 12.8. The minimum Gasteiger partial charge on any atom is -0.289 e. The number of benzene rings is 4. The van der Waals surface area contributed by atoms with Crippen molar-refractivity contribution < 1.29 is 4.79 Å². The van der Waals surface area contributed by atoms with Gasteiger partial charge in [0.05, 0.1) is 0 Å². The lowest BCUT2D eigenvalue weighted by Gasteiger charge is -2.12. The van der Waals surface area contributed by atoms with Crippen molar-refractivity contribution in [2.75, 3.05) is 0 Å². The summed E-state index contributed by atoms with van der Waals surface area (Å²) < 4.78 is 0. The number of hydrogen-bond donors (Lipinski definition) is 0. The van der Waals surface area contributed by atoms with Crippen molar-refractivity contribution >= 4 is 27.7 Å². The van der Waals surface area contributed by atoms with E-state index in [-0.39, 0.29) is 5.78 Å². The first kappa shape index (κ1) is 14.9. The summed E-state index contributed by atoms with van der Waals surface area (Å²) in [6.45, 7) is 0. The maximum atomic E-state index is 13.3. The second-order valence-corrected chi connectivity index (χ2v) is 6.52. The molecule has 0 bridgehead atoms. The van der Waals surface area contributed by atoms with Crippen LogP contribution in [0, 0.1) is 0 Å². The third-order valence-electron chi connectivity index (χ3n) is 5.04. The van der Waals surface area contributed by atoms with Crippen LogP contribution in [0.25, 0.3) is 21.9 Å². The van der Waals surface area contributed by atoms with Gasteiger partial charge in [0.1, 0.15) is 0 Å². The van der Waals surface area contributed by atoms with Gasteiger partial charge in [-0.3, -0.25) is 4.79 Å². The summed E-state index contributed by atoms with van der Waals surface area (Å²) in [5.74, 6) is 0.106. The molecule has 1 heteroatoms. The molecule has 0 aromatic heterocycles. The number of carbonyl (C=O) groups is 1. The van der Waals surface area contributed by atoms with Crippen molar-refractivity contribution in [1.82, 2.24) is 0 Å². The van der Waals surface area contributed by atoms with E-state index >= 15 is 0 Å². The Morgan fingerprint density at radius 3 is 1.92 bits per heavy atom. The average molecular weight is 332 g/mol. The molecule has 0 atom stereocenters. The van der Waals surface area contributed by atoms with Crippen LogP contribution < -0.4 is 0 Å². The Bertz CT molecular complexity index is 1180. The average Bonchev–Trinajstić information content (AvgIpc) is 3.01. The lowest BCUT2D eigenvalue weighted by atomic mass is 9.91. The molecule has 0 radical (unpaired) electrons. The van der Waals surface area contributed by atoms with Gasteiger partial charge in [-0.2, -0.15) is 0 Å². The van der Waals surface area contributed by atoms with E-state index in [1.807, 2.05) is 54.6 Å². The summed E-state index contributed by atoms with van der Waals surface area (Å²) >= 11 is 0. The smallest absolute Gasteiger partial charge is 0.194 e. The van der Waals surface area contributed by atoms with Crippen LogP contribution in [0.3, 0.4) is 0 Å². The molecule has 0 aliphatic heterocycles. The molecule has 26 heavy (non-hydrogen) atoms. The number of ketones is 1. The molecule has 0 saturated heterocycles. The minimum atomic E-state index is 0.106. The fraction of sp³-hybridized carbons (Fsp3) is 0. The summed E-state index contributed by atoms with van der Waals surface area (Å²) in [4.78, 5) is 13.3. The maximum Gasteiger partial charge on any atom is 0.194 e. The molecule has 0 spiro atoms. The van der Waals surface area contributed by atoms with Crippen LogP contribution in [0.15, 0.2) is 97.1 Å². The fourth-order valence-electron chi connectivity index (χ4n) is 3.89.